The van der Waals surface area contributed by atoms with Crippen LogP contribution in [0.15, 0.2) is 18.5 Å². The molecule has 6 nitrogen and oxygen atoms in total. The first kappa shape index (κ1) is 14.6. The second-order valence-corrected chi connectivity index (χ2v) is 7.93. The third-order valence-corrected chi connectivity index (χ3v) is 5.72. The molecule has 0 spiro atoms. The van der Waals surface area contributed by atoms with E-state index in [0.717, 1.165) is 10.9 Å². The maximum Gasteiger partial charge on any atom is 0.257 e. The van der Waals surface area contributed by atoms with Gasteiger partial charge < -0.3 is 9.47 Å². The molecular weight excluding hydrogens is 314 g/mol. The molecule has 1 saturated heterocycles. The second-order valence-electron chi connectivity index (χ2n) is 5.15. The molecule has 8 heteroatoms. The minimum atomic E-state index is -2.51. The van der Waals surface area contributed by atoms with Gasteiger partial charge in [0.2, 0.25) is 0 Å². The van der Waals surface area contributed by atoms with Gasteiger partial charge in [-0.2, -0.15) is 10.6 Å². The number of halogens is 1. The molecule has 21 heavy (non-hydrogen) atoms. The molecule has 3 heterocycles. The van der Waals surface area contributed by atoms with Crippen molar-refractivity contribution in [2.75, 3.05) is 24.6 Å². The minimum Gasteiger partial charge on any atom is -0.350 e. The van der Waals surface area contributed by atoms with Crippen LogP contribution in [0.3, 0.4) is 0 Å². The first-order valence-electron chi connectivity index (χ1n) is 6.51. The Morgan fingerprint density at radius 2 is 2.05 bits per heavy atom. The Balaban J connectivity index is 1.96. The monoisotopic (exact) mass is 329 g/mol. The number of carbonyl (C=O) groups excluding carboxylic acids is 1. The van der Waals surface area contributed by atoms with E-state index in [-0.39, 0.29) is 17.4 Å². The van der Waals surface area contributed by atoms with E-state index in [1.165, 1.54) is 6.20 Å². The van der Waals surface area contributed by atoms with Crippen molar-refractivity contribution in [1.82, 2.24) is 14.5 Å². The summed E-state index contributed by atoms with van der Waals surface area (Å²) in [7, 11) is -0.664. The highest BCUT2D eigenvalue weighted by Crippen LogP contribution is 2.40. The summed E-state index contributed by atoms with van der Waals surface area (Å²) in [6.07, 6.45) is 3.32. The molecule has 0 bridgehead atoms. The van der Waals surface area contributed by atoms with Gasteiger partial charge >= 0.3 is 0 Å². The molecule has 114 valence electrons. The average molecular weight is 330 g/mol. The molecule has 1 aliphatic rings. The van der Waals surface area contributed by atoms with Gasteiger partial charge in [-0.1, -0.05) is 11.6 Å². The standard InChI is InChI=1S/C13H16ClN3O3S/c1-16-3-2-9-11(16)10(8-15-12(9)14)13(18)17-4-6-21(19,20)7-5-17/h2-3,8,19-20H,4-7H2,1H3. The smallest absolute Gasteiger partial charge is 0.257 e. The molecule has 0 saturated carbocycles. The number of hydrogen-bond acceptors (Lipinski definition) is 4. The summed E-state index contributed by atoms with van der Waals surface area (Å²) >= 11 is 6.06. The number of carbonyl (C=O) groups is 1. The molecule has 1 aliphatic heterocycles. The van der Waals surface area contributed by atoms with E-state index in [0.29, 0.717) is 23.8 Å². The zero-order chi connectivity index (χ0) is 15.2. The average Bonchev–Trinajstić information content (AvgIpc) is 2.82. The van der Waals surface area contributed by atoms with E-state index in [4.69, 9.17) is 11.6 Å². The van der Waals surface area contributed by atoms with E-state index in [1.807, 2.05) is 23.9 Å². The topological polar surface area (TPSA) is 78.6 Å². The maximum atomic E-state index is 12.7. The van der Waals surface area contributed by atoms with Crippen LogP contribution in [0.1, 0.15) is 10.4 Å². The van der Waals surface area contributed by atoms with Crippen LogP contribution < -0.4 is 0 Å². The number of aromatic nitrogens is 2. The number of nitrogens with zero attached hydrogens (tertiary/aromatic N) is 3. The van der Waals surface area contributed by atoms with Crippen LogP contribution in [0.2, 0.25) is 5.15 Å². The molecule has 1 fully saturated rings. The fourth-order valence-corrected chi connectivity index (χ4v) is 3.97. The predicted molar refractivity (Wildman–Crippen MR) is 84.2 cm³/mol. The lowest BCUT2D eigenvalue weighted by atomic mass is 10.2. The van der Waals surface area contributed by atoms with Crippen LogP contribution >= 0.6 is 22.2 Å². The summed E-state index contributed by atoms with van der Waals surface area (Å²) in [5.74, 6) is 0.312. The second kappa shape index (κ2) is 5.17. The molecule has 2 N–H and O–H groups in total. The first-order valence-corrected chi connectivity index (χ1v) is 8.78. The van der Waals surface area contributed by atoms with Crippen molar-refractivity contribution in [3.05, 3.63) is 29.2 Å². The van der Waals surface area contributed by atoms with Crippen LogP contribution in [-0.2, 0) is 7.05 Å². The van der Waals surface area contributed by atoms with Gasteiger partial charge in [0.05, 0.1) is 22.6 Å². The molecule has 3 rings (SSSR count). The zero-order valence-electron chi connectivity index (χ0n) is 11.5. The van der Waals surface area contributed by atoms with E-state index in [1.54, 1.807) is 4.90 Å². The van der Waals surface area contributed by atoms with Crippen molar-refractivity contribution in [2.24, 2.45) is 7.05 Å². The molecule has 0 aromatic carbocycles. The van der Waals surface area contributed by atoms with Crippen LogP contribution in [0.4, 0.5) is 0 Å². The highest BCUT2D eigenvalue weighted by atomic mass is 35.5. The van der Waals surface area contributed by atoms with Gasteiger partial charge in [-0.15, -0.1) is 0 Å². The number of pyridine rings is 1. The van der Waals surface area contributed by atoms with Gasteiger partial charge in [0.1, 0.15) is 5.15 Å². The Bertz CT molecular complexity index is 706. The molecule has 0 atom stereocenters. The van der Waals surface area contributed by atoms with Crippen molar-refractivity contribution in [1.29, 1.82) is 0 Å². The van der Waals surface area contributed by atoms with Crippen LogP contribution in [-0.4, -0.2) is 54.1 Å². The summed E-state index contributed by atoms with van der Waals surface area (Å²) in [6, 6.07) is 1.83. The zero-order valence-corrected chi connectivity index (χ0v) is 13.1. The lowest BCUT2D eigenvalue weighted by molar-refractivity contribution is 0.0769. The number of rotatable bonds is 1. The van der Waals surface area contributed by atoms with Crippen LogP contribution in [0.5, 0.6) is 0 Å². The van der Waals surface area contributed by atoms with Crippen molar-refractivity contribution in [3.63, 3.8) is 0 Å². The minimum absolute atomic E-state index is 0.152. The summed E-state index contributed by atoms with van der Waals surface area (Å²) in [6.45, 7) is 0.686. The van der Waals surface area contributed by atoms with E-state index in [9.17, 15) is 13.9 Å². The van der Waals surface area contributed by atoms with E-state index < -0.39 is 10.6 Å². The summed E-state index contributed by atoms with van der Waals surface area (Å²) in [4.78, 5) is 18.4. The molecular formula is C13H16ClN3O3S. The lowest BCUT2D eigenvalue weighted by Crippen LogP contribution is -2.42. The van der Waals surface area contributed by atoms with E-state index in [2.05, 4.69) is 4.98 Å². The van der Waals surface area contributed by atoms with Crippen LogP contribution in [0, 0.1) is 0 Å². The summed E-state index contributed by atoms with van der Waals surface area (Å²) < 4.78 is 21.1. The fourth-order valence-electron chi connectivity index (χ4n) is 2.54. The fraction of sp³-hybridized carbons (Fsp3) is 0.385. The number of amides is 1. The van der Waals surface area contributed by atoms with Crippen molar-refractivity contribution >= 4 is 39.0 Å². The van der Waals surface area contributed by atoms with Crippen molar-refractivity contribution < 1.29 is 13.9 Å². The maximum absolute atomic E-state index is 12.7. The van der Waals surface area contributed by atoms with E-state index >= 15 is 0 Å². The van der Waals surface area contributed by atoms with Gasteiger partial charge in [-0.25, -0.2) is 4.98 Å². The molecule has 0 aliphatic carbocycles. The Kier molecular flexibility index (Phi) is 3.61. The number of fused-ring (bicyclic) bond motifs is 1. The van der Waals surface area contributed by atoms with Crippen molar-refractivity contribution in [3.8, 4) is 0 Å². The molecule has 2 aromatic rings. The molecule has 0 radical (unpaired) electrons. The normalized spacial score (nSPS) is 19.7. The Hall–Kier alpha value is -1.28. The molecule has 1 amide bonds. The van der Waals surface area contributed by atoms with Gasteiger partial charge in [0.25, 0.3) is 5.91 Å². The molecule has 0 unspecified atom stereocenters. The SMILES string of the molecule is Cn1ccc2c(Cl)ncc(C(=O)N3CCS(O)(O)CC3)c21. The van der Waals surface area contributed by atoms with Crippen molar-refractivity contribution in [2.45, 2.75) is 0 Å². The largest absolute Gasteiger partial charge is 0.350 e. The quantitative estimate of drug-likeness (QED) is 0.788. The third kappa shape index (κ3) is 2.62. The highest BCUT2D eigenvalue weighted by molar-refractivity contribution is 8.24. The number of hydrogen-bond donors (Lipinski definition) is 2. The summed E-state index contributed by atoms with van der Waals surface area (Å²) in [5, 5.41) is 1.11. The Morgan fingerprint density at radius 3 is 2.71 bits per heavy atom. The highest BCUT2D eigenvalue weighted by Gasteiger charge is 2.28. The van der Waals surface area contributed by atoms with Gasteiger partial charge in [-0.05, 0) is 6.07 Å². The molecule has 2 aromatic heterocycles. The Morgan fingerprint density at radius 1 is 1.38 bits per heavy atom. The summed E-state index contributed by atoms with van der Waals surface area (Å²) in [5.41, 5.74) is 1.23. The lowest BCUT2D eigenvalue weighted by Gasteiger charge is -2.40. The van der Waals surface area contributed by atoms with Crippen LogP contribution in [0.25, 0.3) is 10.9 Å². The van der Waals surface area contributed by atoms with Gasteiger partial charge in [0.15, 0.2) is 0 Å². The van der Waals surface area contributed by atoms with Gasteiger partial charge in [-0.3, -0.25) is 13.9 Å². The Labute approximate surface area is 128 Å². The number of aryl methyl sites for hydroxylation is 1. The first-order chi connectivity index (χ1) is 9.89. The van der Waals surface area contributed by atoms with Gasteiger partial charge in [0, 0.05) is 37.9 Å². The predicted octanol–water partition coefficient (Wildman–Crippen LogP) is 2.43. The third-order valence-electron chi connectivity index (χ3n) is 3.75.